The fourth-order valence-electron chi connectivity index (χ4n) is 2.79. The molecule has 0 atom stereocenters. The van der Waals surface area contributed by atoms with E-state index in [1.807, 2.05) is 26.0 Å². The first kappa shape index (κ1) is 22.8. The summed E-state index contributed by atoms with van der Waals surface area (Å²) in [6.45, 7) is 4.05. The molecule has 2 aromatic carbocycles. The molecule has 0 bridgehead atoms. The summed E-state index contributed by atoms with van der Waals surface area (Å²) in [5.74, 6) is 0.746. The zero-order chi connectivity index (χ0) is 21.8. The van der Waals surface area contributed by atoms with Crippen molar-refractivity contribution in [3.05, 3.63) is 79.0 Å². The van der Waals surface area contributed by atoms with Crippen LogP contribution in [0.4, 0.5) is 5.69 Å². The fourth-order valence-corrected chi connectivity index (χ4v) is 3.84. The first-order valence-corrected chi connectivity index (χ1v) is 11.1. The van der Waals surface area contributed by atoms with E-state index in [1.165, 1.54) is 9.65 Å². The van der Waals surface area contributed by atoms with Crippen molar-refractivity contribution in [2.24, 2.45) is 0 Å². The summed E-state index contributed by atoms with van der Waals surface area (Å²) in [4.78, 5) is 12.2. The van der Waals surface area contributed by atoms with Crippen molar-refractivity contribution >= 4 is 80.8 Å². The maximum atomic E-state index is 12.2. The summed E-state index contributed by atoms with van der Waals surface area (Å²) >= 11 is 19.6. The molecule has 0 aliphatic carbocycles. The molecule has 0 aliphatic heterocycles. The number of aryl methyl sites for hydroxylation is 2. The molecule has 0 aliphatic rings. The number of carbonyl (C=O) groups is 1. The van der Waals surface area contributed by atoms with Crippen LogP contribution in [0.3, 0.4) is 0 Å². The van der Waals surface area contributed by atoms with Gasteiger partial charge in [-0.15, -0.1) is 0 Å². The van der Waals surface area contributed by atoms with Crippen LogP contribution < -0.4 is 10.6 Å². The summed E-state index contributed by atoms with van der Waals surface area (Å²) in [7, 11) is 0. The maximum Gasteiger partial charge on any atom is 0.250 e. The fraction of sp³-hybridized carbons (Fsp3) is 0.0909. The zero-order valence-electron chi connectivity index (χ0n) is 16.1. The number of halogens is 3. The standard InChI is InChI=1S/C22H17Cl2IN2O2S/c1-12-7-17(8-13(2)21(12)25)26-22(30)27-20(28)6-4-18-3-5-19(29-18)14-9-15(23)11-16(24)10-14/h3-11H,1-2H3,(H2,26,27,28,30)/b6-4+. The normalized spacial score (nSPS) is 11.0. The van der Waals surface area contributed by atoms with Crippen LogP contribution in [0.15, 0.2) is 53.0 Å². The third-order valence-electron chi connectivity index (χ3n) is 4.10. The van der Waals surface area contributed by atoms with Crippen molar-refractivity contribution in [1.29, 1.82) is 0 Å². The first-order chi connectivity index (χ1) is 14.2. The number of furan rings is 1. The van der Waals surface area contributed by atoms with Crippen molar-refractivity contribution in [1.82, 2.24) is 5.32 Å². The van der Waals surface area contributed by atoms with E-state index in [1.54, 1.807) is 36.4 Å². The van der Waals surface area contributed by atoms with E-state index in [-0.39, 0.29) is 11.0 Å². The summed E-state index contributed by atoms with van der Waals surface area (Å²) in [6.07, 6.45) is 2.92. The third-order valence-corrected chi connectivity index (χ3v) is 6.45. The molecule has 0 fully saturated rings. The van der Waals surface area contributed by atoms with Gasteiger partial charge >= 0.3 is 0 Å². The first-order valence-electron chi connectivity index (χ1n) is 8.84. The average molecular weight is 571 g/mol. The summed E-state index contributed by atoms with van der Waals surface area (Å²) < 4.78 is 6.94. The lowest BCUT2D eigenvalue weighted by Gasteiger charge is -2.11. The van der Waals surface area contributed by atoms with Gasteiger partial charge in [0.05, 0.1) is 0 Å². The van der Waals surface area contributed by atoms with E-state index < -0.39 is 0 Å². The highest BCUT2D eigenvalue weighted by Crippen LogP contribution is 2.29. The molecule has 0 unspecified atom stereocenters. The Morgan fingerprint density at radius 2 is 1.70 bits per heavy atom. The van der Waals surface area contributed by atoms with Crippen molar-refractivity contribution in [3.63, 3.8) is 0 Å². The van der Waals surface area contributed by atoms with Gasteiger partial charge < -0.3 is 9.73 Å². The molecule has 3 aromatic rings. The van der Waals surface area contributed by atoms with Crippen LogP contribution in [-0.4, -0.2) is 11.0 Å². The molecular formula is C22H17Cl2IN2O2S. The quantitative estimate of drug-likeness (QED) is 0.201. The number of carbonyl (C=O) groups excluding carboxylic acids is 1. The topological polar surface area (TPSA) is 54.3 Å². The number of anilines is 1. The molecule has 0 spiro atoms. The van der Waals surface area contributed by atoms with Crippen LogP contribution >= 0.6 is 58.0 Å². The van der Waals surface area contributed by atoms with Gasteiger partial charge in [-0.25, -0.2) is 0 Å². The summed E-state index contributed by atoms with van der Waals surface area (Å²) in [5.41, 5.74) is 3.86. The SMILES string of the molecule is Cc1cc(NC(=S)NC(=O)/C=C/c2ccc(-c3cc(Cl)cc(Cl)c3)o2)cc(C)c1I. The smallest absolute Gasteiger partial charge is 0.250 e. The van der Waals surface area contributed by atoms with E-state index >= 15 is 0 Å². The molecule has 4 nitrogen and oxygen atoms in total. The molecule has 8 heteroatoms. The third kappa shape index (κ3) is 6.07. The Labute approximate surface area is 203 Å². The van der Waals surface area contributed by atoms with E-state index in [0.29, 0.717) is 21.6 Å². The number of hydrogen-bond donors (Lipinski definition) is 2. The van der Waals surface area contributed by atoms with Gasteiger partial charge in [0.2, 0.25) is 5.91 Å². The van der Waals surface area contributed by atoms with E-state index in [0.717, 1.165) is 22.4 Å². The average Bonchev–Trinajstić information content (AvgIpc) is 3.12. The van der Waals surface area contributed by atoms with E-state index in [2.05, 4.69) is 33.2 Å². The van der Waals surface area contributed by atoms with Crippen LogP contribution in [0, 0.1) is 17.4 Å². The summed E-state index contributed by atoms with van der Waals surface area (Å²) in [5, 5.41) is 6.91. The highest BCUT2D eigenvalue weighted by Gasteiger charge is 2.08. The summed E-state index contributed by atoms with van der Waals surface area (Å²) in [6, 6.07) is 12.7. The molecular weight excluding hydrogens is 554 g/mol. The van der Waals surface area contributed by atoms with Gasteiger partial charge in [0.25, 0.3) is 0 Å². The lowest BCUT2D eigenvalue weighted by Crippen LogP contribution is -2.32. The van der Waals surface area contributed by atoms with Crippen molar-refractivity contribution in [3.8, 4) is 11.3 Å². The Bertz CT molecular complexity index is 1110. The van der Waals surface area contributed by atoms with Crippen LogP contribution in [0.2, 0.25) is 10.0 Å². The van der Waals surface area contributed by atoms with Crippen LogP contribution in [0.25, 0.3) is 17.4 Å². The number of rotatable bonds is 4. The predicted molar refractivity (Wildman–Crippen MR) is 136 cm³/mol. The van der Waals surface area contributed by atoms with Gasteiger partial charge in [-0.3, -0.25) is 10.1 Å². The van der Waals surface area contributed by atoms with Gasteiger partial charge in [-0.1, -0.05) is 23.2 Å². The van der Waals surface area contributed by atoms with Crippen molar-refractivity contribution < 1.29 is 9.21 Å². The molecule has 30 heavy (non-hydrogen) atoms. The van der Waals surface area contributed by atoms with Crippen molar-refractivity contribution in [2.75, 3.05) is 5.32 Å². The number of nitrogens with one attached hydrogen (secondary N) is 2. The minimum atomic E-state index is -0.366. The molecule has 3 rings (SSSR count). The molecule has 1 amide bonds. The lowest BCUT2D eigenvalue weighted by atomic mass is 10.1. The van der Waals surface area contributed by atoms with Gasteiger partial charge in [0.1, 0.15) is 11.5 Å². The second-order valence-electron chi connectivity index (χ2n) is 6.56. The molecule has 154 valence electrons. The monoisotopic (exact) mass is 570 g/mol. The second-order valence-corrected chi connectivity index (χ2v) is 8.92. The number of hydrogen-bond acceptors (Lipinski definition) is 3. The minimum absolute atomic E-state index is 0.221. The zero-order valence-corrected chi connectivity index (χ0v) is 20.5. The lowest BCUT2D eigenvalue weighted by molar-refractivity contribution is -0.115. The minimum Gasteiger partial charge on any atom is -0.457 e. The predicted octanol–water partition coefficient (Wildman–Crippen LogP) is 7.00. The van der Waals surface area contributed by atoms with Crippen LogP contribution in [0.1, 0.15) is 16.9 Å². The number of thiocarbonyl (C=S) groups is 1. The molecule has 0 saturated carbocycles. The highest BCUT2D eigenvalue weighted by molar-refractivity contribution is 14.1. The van der Waals surface area contributed by atoms with Crippen LogP contribution in [-0.2, 0) is 4.79 Å². The molecule has 0 saturated heterocycles. The van der Waals surface area contributed by atoms with Crippen LogP contribution in [0.5, 0.6) is 0 Å². The van der Waals surface area contributed by atoms with E-state index in [4.69, 9.17) is 39.8 Å². The van der Waals surface area contributed by atoms with Crippen molar-refractivity contribution in [2.45, 2.75) is 13.8 Å². The highest BCUT2D eigenvalue weighted by atomic mass is 127. The molecule has 1 aromatic heterocycles. The van der Waals surface area contributed by atoms with Gasteiger partial charge in [0.15, 0.2) is 5.11 Å². The Morgan fingerprint density at radius 3 is 2.33 bits per heavy atom. The molecule has 2 N–H and O–H groups in total. The Balaban J connectivity index is 1.61. The number of amides is 1. The van der Waals surface area contributed by atoms with Gasteiger partial charge in [0, 0.05) is 30.9 Å². The van der Waals surface area contributed by atoms with Gasteiger partial charge in [-0.05, 0) is 108 Å². The second kappa shape index (κ2) is 9.96. The Hall–Kier alpha value is -1.87. The Kier molecular flexibility index (Phi) is 7.57. The number of benzene rings is 2. The molecule has 0 radical (unpaired) electrons. The largest absolute Gasteiger partial charge is 0.457 e. The molecule has 1 heterocycles. The Morgan fingerprint density at radius 1 is 1.07 bits per heavy atom. The van der Waals surface area contributed by atoms with Gasteiger partial charge in [-0.2, -0.15) is 0 Å². The maximum absolute atomic E-state index is 12.2. The van der Waals surface area contributed by atoms with E-state index in [9.17, 15) is 4.79 Å².